The second kappa shape index (κ2) is 6.96. The zero-order valence-electron chi connectivity index (χ0n) is 15.3. The molecule has 0 radical (unpaired) electrons. The van der Waals surface area contributed by atoms with E-state index in [1.807, 2.05) is 16.6 Å². The van der Waals surface area contributed by atoms with Gasteiger partial charge >= 0.3 is 0 Å². The third kappa shape index (κ3) is 3.04. The molecule has 8 heteroatoms. The minimum absolute atomic E-state index is 0.261. The first-order valence-corrected chi connectivity index (χ1v) is 10.0. The predicted octanol–water partition coefficient (Wildman–Crippen LogP) is 3.46. The van der Waals surface area contributed by atoms with Gasteiger partial charge in [0.05, 0.1) is 0 Å². The Bertz CT molecular complexity index is 1110. The van der Waals surface area contributed by atoms with Crippen LogP contribution in [0.3, 0.4) is 0 Å². The number of benzene rings is 1. The van der Waals surface area contributed by atoms with E-state index in [4.69, 9.17) is 10.1 Å². The Morgan fingerprint density at radius 2 is 1.89 bits per heavy atom. The summed E-state index contributed by atoms with van der Waals surface area (Å²) >= 11 is 1.58. The number of hydrogen-bond donors (Lipinski definition) is 1. The zero-order valence-corrected chi connectivity index (χ0v) is 16.2. The van der Waals surface area contributed by atoms with E-state index in [1.54, 1.807) is 35.9 Å². The van der Waals surface area contributed by atoms with Crippen molar-refractivity contribution in [2.75, 3.05) is 24.5 Å². The maximum atomic E-state index is 13.4. The lowest BCUT2D eigenvalue weighted by Crippen LogP contribution is -2.49. The molecular weight excluding hydrogens is 375 g/mol. The SMILES string of the molecule is CC1CN(c2nn3c(-c4ccncc4)c(-c4ccc(F)cc4)nc3s2)CCN1. The van der Waals surface area contributed by atoms with Crippen LogP contribution in [0.2, 0.25) is 0 Å². The summed E-state index contributed by atoms with van der Waals surface area (Å²) < 4.78 is 15.3. The smallest absolute Gasteiger partial charge is 0.215 e. The molecule has 3 aromatic heterocycles. The average Bonchev–Trinajstić information content (AvgIpc) is 3.27. The standard InChI is InChI=1S/C20H19FN6S/c1-13-12-26(11-10-23-13)20-25-27-18(15-6-8-22-9-7-15)17(24-19(27)28-20)14-2-4-16(21)5-3-14/h2-9,13,23H,10-12H2,1H3. The number of hydrogen-bond acceptors (Lipinski definition) is 6. The molecule has 1 aliphatic rings. The first kappa shape index (κ1) is 17.3. The molecule has 1 atom stereocenters. The lowest BCUT2D eigenvalue weighted by atomic mass is 10.1. The van der Waals surface area contributed by atoms with Crippen LogP contribution in [-0.4, -0.2) is 45.3 Å². The number of fused-ring (bicyclic) bond motifs is 1. The summed E-state index contributed by atoms with van der Waals surface area (Å²) in [6.07, 6.45) is 3.52. The molecule has 142 valence electrons. The van der Waals surface area contributed by atoms with Gasteiger partial charge in [0.15, 0.2) is 0 Å². The van der Waals surface area contributed by atoms with E-state index in [9.17, 15) is 4.39 Å². The molecule has 0 aliphatic carbocycles. The first-order valence-electron chi connectivity index (χ1n) is 9.23. The third-order valence-corrected chi connectivity index (χ3v) is 5.87. The van der Waals surface area contributed by atoms with Gasteiger partial charge in [-0.2, -0.15) is 0 Å². The van der Waals surface area contributed by atoms with Crippen molar-refractivity contribution in [3.05, 3.63) is 54.6 Å². The van der Waals surface area contributed by atoms with E-state index in [0.717, 1.165) is 52.2 Å². The number of nitrogens with zero attached hydrogens (tertiary/aromatic N) is 5. The van der Waals surface area contributed by atoms with Crippen molar-refractivity contribution in [1.29, 1.82) is 0 Å². The summed E-state index contributed by atoms with van der Waals surface area (Å²) in [7, 11) is 0. The Kier molecular flexibility index (Phi) is 4.29. The van der Waals surface area contributed by atoms with Crippen molar-refractivity contribution in [3.8, 4) is 22.5 Å². The summed E-state index contributed by atoms with van der Waals surface area (Å²) in [5.41, 5.74) is 3.54. The van der Waals surface area contributed by atoms with Gasteiger partial charge in [-0.15, -0.1) is 5.10 Å². The van der Waals surface area contributed by atoms with Crippen molar-refractivity contribution in [3.63, 3.8) is 0 Å². The summed E-state index contributed by atoms with van der Waals surface area (Å²) in [5.74, 6) is -0.261. The van der Waals surface area contributed by atoms with Gasteiger partial charge in [0.1, 0.15) is 17.2 Å². The van der Waals surface area contributed by atoms with Gasteiger partial charge < -0.3 is 10.2 Å². The number of pyridine rings is 1. The van der Waals surface area contributed by atoms with Gasteiger partial charge in [-0.25, -0.2) is 13.9 Å². The molecule has 28 heavy (non-hydrogen) atoms. The van der Waals surface area contributed by atoms with Gasteiger partial charge in [-0.1, -0.05) is 11.3 Å². The summed E-state index contributed by atoms with van der Waals surface area (Å²) in [6.45, 7) is 4.98. The lowest BCUT2D eigenvalue weighted by Gasteiger charge is -2.31. The molecule has 0 saturated carbocycles. The molecule has 1 fully saturated rings. The Hall–Kier alpha value is -2.84. The second-order valence-corrected chi connectivity index (χ2v) is 7.87. The zero-order chi connectivity index (χ0) is 19.1. The Balaban J connectivity index is 1.66. The molecule has 1 aromatic carbocycles. The molecule has 6 nitrogen and oxygen atoms in total. The Morgan fingerprint density at radius 1 is 1.11 bits per heavy atom. The molecule has 0 spiro atoms. The predicted molar refractivity (Wildman–Crippen MR) is 109 cm³/mol. The fourth-order valence-corrected chi connectivity index (χ4v) is 4.49. The molecule has 0 amide bonds. The Morgan fingerprint density at radius 3 is 2.64 bits per heavy atom. The van der Waals surface area contributed by atoms with Crippen LogP contribution in [0, 0.1) is 5.82 Å². The van der Waals surface area contributed by atoms with Crippen molar-refractivity contribution in [2.24, 2.45) is 0 Å². The van der Waals surface area contributed by atoms with Crippen molar-refractivity contribution in [2.45, 2.75) is 13.0 Å². The quantitative estimate of drug-likeness (QED) is 0.577. The van der Waals surface area contributed by atoms with Gasteiger partial charge in [0.2, 0.25) is 10.1 Å². The van der Waals surface area contributed by atoms with E-state index >= 15 is 0 Å². The van der Waals surface area contributed by atoms with Crippen LogP contribution in [0.5, 0.6) is 0 Å². The molecule has 1 unspecified atom stereocenters. The summed E-state index contributed by atoms with van der Waals surface area (Å²) in [6, 6.07) is 10.8. The summed E-state index contributed by atoms with van der Waals surface area (Å²) in [5, 5.41) is 9.31. The first-order chi connectivity index (χ1) is 13.7. The van der Waals surface area contributed by atoms with E-state index < -0.39 is 0 Å². The van der Waals surface area contributed by atoms with E-state index in [1.165, 1.54) is 12.1 Å². The normalized spacial score (nSPS) is 17.4. The number of piperazine rings is 1. The van der Waals surface area contributed by atoms with Crippen LogP contribution in [0.1, 0.15) is 6.92 Å². The van der Waals surface area contributed by atoms with Crippen molar-refractivity contribution < 1.29 is 4.39 Å². The monoisotopic (exact) mass is 394 g/mol. The van der Waals surface area contributed by atoms with Crippen LogP contribution in [0.4, 0.5) is 9.52 Å². The number of nitrogens with one attached hydrogen (secondary N) is 1. The van der Waals surface area contributed by atoms with Crippen LogP contribution in [-0.2, 0) is 0 Å². The molecular formula is C20H19FN6S. The van der Waals surface area contributed by atoms with Gasteiger partial charge in [0.25, 0.3) is 0 Å². The molecule has 4 aromatic rings. The molecule has 4 heterocycles. The highest BCUT2D eigenvalue weighted by Crippen LogP contribution is 2.36. The number of anilines is 1. The highest BCUT2D eigenvalue weighted by atomic mass is 32.1. The molecule has 5 rings (SSSR count). The summed E-state index contributed by atoms with van der Waals surface area (Å²) in [4.78, 5) is 12.1. The minimum atomic E-state index is -0.261. The Labute approximate surface area is 165 Å². The van der Waals surface area contributed by atoms with Crippen LogP contribution in [0.15, 0.2) is 48.8 Å². The second-order valence-electron chi connectivity index (χ2n) is 6.93. The fraction of sp³-hybridized carbons (Fsp3) is 0.250. The third-order valence-electron chi connectivity index (χ3n) is 4.90. The fourth-order valence-electron chi connectivity index (χ4n) is 3.55. The number of halogens is 1. The van der Waals surface area contributed by atoms with E-state index in [0.29, 0.717) is 6.04 Å². The van der Waals surface area contributed by atoms with E-state index in [2.05, 4.69) is 22.1 Å². The largest absolute Gasteiger partial charge is 0.344 e. The topological polar surface area (TPSA) is 58.4 Å². The van der Waals surface area contributed by atoms with Crippen LogP contribution in [0.25, 0.3) is 27.5 Å². The maximum absolute atomic E-state index is 13.4. The number of aromatic nitrogens is 4. The highest BCUT2D eigenvalue weighted by molar-refractivity contribution is 7.20. The van der Waals surface area contributed by atoms with Crippen LogP contribution >= 0.6 is 11.3 Å². The van der Waals surface area contributed by atoms with E-state index in [-0.39, 0.29) is 5.82 Å². The molecule has 1 aliphatic heterocycles. The highest BCUT2D eigenvalue weighted by Gasteiger charge is 2.23. The minimum Gasteiger partial charge on any atom is -0.344 e. The average molecular weight is 394 g/mol. The van der Waals surface area contributed by atoms with Crippen molar-refractivity contribution in [1.82, 2.24) is 24.9 Å². The van der Waals surface area contributed by atoms with Crippen molar-refractivity contribution >= 4 is 21.4 Å². The molecule has 1 N–H and O–H groups in total. The van der Waals surface area contributed by atoms with Gasteiger partial charge in [0, 0.05) is 49.2 Å². The molecule has 0 bridgehead atoms. The van der Waals surface area contributed by atoms with Crippen LogP contribution < -0.4 is 10.2 Å². The molecule has 1 saturated heterocycles. The lowest BCUT2D eigenvalue weighted by molar-refractivity contribution is 0.483. The van der Waals surface area contributed by atoms with Gasteiger partial charge in [-0.05, 0) is 43.3 Å². The maximum Gasteiger partial charge on any atom is 0.215 e. The number of imidazole rings is 1. The van der Waals surface area contributed by atoms with Gasteiger partial charge in [-0.3, -0.25) is 4.98 Å². The number of rotatable bonds is 3.